The minimum Gasteiger partial charge on any atom is -0.342 e. The highest BCUT2D eigenvalue weighted by Crippen LogP contribution is 2.31. The van der Waals surface area contributed by atoms with Gasteiger partial charge in [0.2, 0.25) is 0 Å². The number of aromatic nitrogens is 2. The van der Waals surface area contributed by atoms with Gasteiger partial charge in [-0.3, -0.25) is 0 Å². The Labute approximate surface area is 46.7 Å². The van der Waals surface area contributed by atoms with Crippen molar-refractivity contribution in [2.24, 2.45) is 0 Å². The van der Waals surface area contributed by atoms with Crippen LogP contribution in [-0.2, 0) is 6.42 Å². The molecule has 0 spiro atoms. The van der Waals surface area contributed by atoms with Gasteiger partial charge in [0.05, 0.1) is 0 Å². The lowest BCUT2D eigenvalue weighted by Gasteiger charge is -2.14. The Morgan fingerprint density at radius 1 is 1.75 bits per heavy atom. The summed E-state index contributed by atoms with van der Waals surface area (Å²) < 4.78 is 4.76. The summed E-state index contributed by atoms with van der Waals surface area (Å²) in [6.45, 7) is 2.12. The lowest BCUT2D eigenvalue weighted by atomic mass is 9.89. The van der Waals surface area contributed by atoms with Gasteiger partial charge in [-0.25, -0.2) is 0 Å². The summed E-state index contributed by atoms with van der Waals surface area (Å²) in [6, 6.07) is 0. The standard InChI is InChI=1S/C5H6N2O/c1-3-2-4-5(3)6-7-8-4/h3H,2H2,1H3/t3-/m0/s1. The lowest BCUT2D eigenvalue weighted by molar-refractivity contribution is 0.347. The van der Waals surface area contributed by atoms with E-state index in [9.17, 15) is 0 Å². The van der Waals surface area contributed by atoms with Crippen LogP contribution in [0.2, 0.25) is 0 Å². The molecule has 0 unspecified atom stereocenters. The predicted molar refractivity (Wildman–Crippen MR) is 26.4 cm³/mol. The van der Waals surface area contributed by atoms with Crippen molar-refractivity contribution in [3.8, 4) is 0 Å². The smallest absolute Gasteiger partial charge is 0.161 e. The van der Waals surface area contributed by atoms with E-state index in [0.717, 1.165) is 17.9 Å². The zero-order chi connectivity index (χ0) is 5.56. The summed E-state index contributed by atoms with van der Waals surface area (Å²) in [6.07, 6.45) is 1.02. The Morgan fingerprint density at radius 3 is 3.12 bits per heavy atom. The molecule has 0 amide bonds. The molecule has 0 N–H and O–H groups in total. The van der Waals surface area contributed by atoms with E-state index in [1.165, 1.54) is 0 Å². The fourth-order valence-corrected chi connectivity index (χ4v) is 0.975. The van der Waals surface area contributed by atoms with E-state index < -0.39 is 0 Å². The Bertz CT molecular complexity index is 206. The first-order valence-corrected chi connectivity index (χ1v) is 2.69. The van der Waals surface area contributed by atoms with Gasteiger partial charge in [-0.1, -0.05) is 6.92 Å². The van der Waals surface area contributed by atoms with Crippen LogP contribution in [0.1, 0.15) is 24.3 Å². The normalized spacial score (nSPS) is 24.4. The fraction of sp³-hybridized carbons (Fsp3) is 0.600. The van der Waals surface area contributed by atoms with Gasteiger partial charge in [0.25, 0.3) is 0 Å². The molecule has 0 bridgehead atoms. The van der Waals surface area contributed by atoms with Crippen LogP contribution in [-0.4, -0.2) is 10.4 Å². The van der Waals surface area contributed by atoms with Crippen LogP contribution in [0.3, 0.4) is 0 Å². The third kappa shape index (κ3) is 0.300. The van der Waals surface area contributed by atoms with Gasteiger partial charge in [0.15, 0.2) is 5.76 Å². The highest BCUT2D eigenvalue weighted by atomic mass is 16.5. The summed E-state index contributed by atoms with van der Waals surface area (Å²) in [7, 11) is 0. The molecule has 1 aliphatic rings. The van der Waals surface area contributed by atoms with Crippen molar-refractivity contribution in [3.63, 3.8) is 0 Å². The van der Waals surface area contributed by atoms with Gasteiger partial charge >= 0.3 is 0 Å². The number of rotatable bonds is 0. The van der Waals surface area contributed by atoms with Crippen molar-refractivity contribution in [1.82, 2.24) is 10.4 Å². The SMILES string of the molecule is C[C@H]1Cc2onnc21. The van der Waals surface area contributed by atoms with Gasteiger partial charge < -0.3 is 4.52 Å². The van der Waals surface area contributed by atoms with Crippen molar-refractivity contribution >= 4 is 0 Å². The van der Waals surface area contributed by atoms with Crippen LogP contribution in [0.25, 0.3) is 0 Å². The lowest BCUT2D eigenvalue weighted by Crippen LogP contribution is -2.11. The molecule has 8 heavy (non-hydrogen) atoms. The first-order valence-electron chi connectivity index (χ1n) is 2.69. The van der Waals surface area contributed by atoms with E-state index in [1.54, 1.807) is 0 Å². The van der Waals surface area contributed by atoms with Crippen molar-refractivity contribution in [1.29, 1.82) is 0 Å². The van der Waals surface area contributed by atoms with Crippen molar-refractivity contribution in [2.75, 3.05) is 0 Å². The molecule has 1 aromatic rings. The molecule has 3 nitrogen and oxygen atoms in total. The Balaban J connectivity index is 2.53. The summed E-state index contributed by atoms with van der Waals surface area (Å²) in [5.74, 6) is 1.55. The van der Waals surface area contributed by atoms with Crippen LogP contribution in [0, 0.1) is 0 Å². The highest BCUT2D eigenvalue weighted by Gasteiger charge is 2.28. The zero-order valence-corrected chi connectivity index (χ0v) is 4.59. The average Bonchev–Trinajstić information content (AvgIpc) is 2.09. The van der Waals surface area contributed by atoms with E-state index in [1.807, 2.05) is 0 Å². The molecule has 2 rings (SSSR count). The molecule has 0 aromatic carbocycles. The molecule has 1 heterocycles. The molecule has 0 fully saturated rings. The summed E-state index contributed by atoms with van der Waals surface area (Å²) in [4.78, 5) is 0. The molecule has 0 saturated heterocycles. The minimum absolute atomic E-state index is 0.580. The quantitative estimate of drug-likeness (QED) is 0.494. The molecular weight excluding hydrogens is 104 g/mol. The predicted octanol–water partition coefficient (Wildman–Crippen LogP) is 0.729. The molecule has 42 valence electrons. The third-order valence-electron chi connectivity index (χ3n) is 1.54. The topological polar surface area (TPSA) is 38.9 Å². The maximum atomic E-state index is 4.76. The first kappa shape index (κ1) is 4.06. The summed E-state index contributed by atoms with van der Waals surface area (Å²) >= 11 is 0. The third-order valence-corrected chi connectivity index (χ3v) is 1.54. The zero-order valence-electron chi connectivity index (χ0n) is 4.59. The summed E-state index contributed by atoms with van der Waals surface area (Å²) in [5.41, 5.74) is 1.05. The van der Waals surface area contributed by atoms with E-state index in [4.69, 9.17) is 4.52 Å². The second-order valence-corrected chi connectivity index (χ2v) is 2.19. The fourth-order valence-electron chi connectivity index (χ4n) is 0.975. The van der Waals surface area contributed by atoms with Gasteiger partial charge in [-0.2, -0.15) is 0 Å². The van der Waals surface area contributed by atoms with Gasteiger partial charge in [-0.05, 0) is 0 Å². The van der Waals surface area contributed by atoms with Gasteiger partial charge in [0.1, 0.15) is 5.69 Å². The molecule has 1 aromatic heterocycles. The Hall–Kier alpha value is -0.860. The largest absolute Gasteiger partial charge is 0.342 e. The van der Waals surface area contributed by atoms with Crippen molar-refractivity contribution < 1.29 is 4.52 Å². The Kier molecular flexibility index (Phi) is 0.559. The van der Waals surface area contributed by atoms with E-state index in [0.29, 0.717) is 5.92 Å². The van der Waals surface area contributed by atoms with Crippen molar-refractivity contribution in [3.05, 3.63) is 11.5 Å². The van der Waals surface area contributed by atoms with E-state index in [-0.39, 0.29) is 0 Å². The maximum Gasteiger partial charge on any atom is 0.161 e. The second-order valence-electron chi connectivity index (χ2n) is 2.19. The van der Waals surface area contributed by atoms with Crippen LogP contribution in [0.5, 0.6) is 0 Å². The Morgan fingerprint density at radius 2 is 2.62 bits per heavy atom. The monoisotopic (exact) mass is 110 g/mol. The van der Waals surface area contributed by atoms with Gasteiger partial charge in [0, 0.05) is 17.6 Å². The molecule has 0 aliphatic heterocycles. The van der Waals surface area contributed by atoms with Crippen LogP contribution in [0.15, 0.2) is 4.52 Å². The number of fused-ring (bicyclic) bond motifs is 1. The maximum absolute atomic E-state index is 4.76. The minimum atomic E-state index is 0.580. The summed E-state index contributed by atoms with van der Waals surface area (Å²) in [5, 5.41) is 7.18. The average molecular weight is 110 g/mol. The first-order chi connectivity index (χ1) is 3.88. The molecule has 1 aliphatic carbocycles. The van der Waals surface area contributed by atoms with E-state index in [2.05, 4.69) is 17.3 Å². The second kappa shape index (κ2) is 1.10. The number of hydrogen-bond acceptors (Lipinski definition) is 3. The van der Waals surface area contributed by atoms with Crippen LogP contribution >= 0.6 is 0 Å². The number of nitrogens with zero attached hydrogens (tertiary/aromatic N) is 2. The molecule has 0 radical (unpaired) electrons. The molecular formula is C5H6N2O. The highest BCUT2D eigenvalue weighted by molar-refractivity contribution is 5.22. The molecule has 1 atom stereocenters. The van der Waals surface area contributed by atoms with Crippen LogP contribution < -0.4 is 0 Å². The van der Waals surface area contributed by atoms with E-state index >= 15 is 0 Å². The van der Waals surface area contributed by atoms with Gasteiger partial charge in [-0.15, -0.1) is 5.10 Å². The molecule has 3 heteroatoms. The number of hydrogen-bond donors (Lipinski definition) is 0. The van der Waals surface area contributed by atoms with Crippen molar-refractivity contribution in [2.45, 2.75) is 19.3 Å². The molecule has 0 saturated carbocycles. The van der Waals surface area contributed by atoms with Crippen LogP contribution in [0.4, 0.5) is 0 Å².